The smallest absolute Gasteiger partial charge is 0.149 e. The fourth-order valence-corrected chi connectivity index (χ4v) is 3.34. The van der Waals surface area contributed by atoms with E-state index in [-0.39, 0.29) is 11.4 Å². The summed E-state index contributed by atoms with van der Waals surface area (Å²) in [6.45, 7) is 0.533. The Bertz CT molecular complexity index is 1220. The van der Waals surface area contributed by atoms with Crippen LogP contribution >= 0.6 is 11.6 Å². The molecule has 29 heavy (non-hydrogen) atoms. The summed E-state index contributed by atoms with van der Waals surface area (Å²) in [7, 11) is 0. The van der Waals surface area contributed by atoms with Crippen LogP contribution in [0.2, 0.25) is 5.02 Å². The number of pyridine rings is 2. The zero-order chi connectivity index (χ0) is 20.2. The maximum absolute atomic E-state index is 9.27. The number of anilines is 2. The van der Waals surface area contributed by atoms with Gasteiger partial charge in [0.05, 0.1) is 11.2 Å². The third-order valence-corrected chi connectivity index (χ3v) is 4.74. The summed E-state index contributed by atoms with van der Waals surface area (Å²) in [5.74, 6) is 0.573. The van der Waals surface area contributed by atoms with E-state index in [2.05, 4.69) is 25.3 Å². The van der Waals surface area contributed by atoms with Gasteiger partial charge in [0.2, 0.25) is 0 Å². The van der Waals surface area contributed by atoms with Gasteiger partial charge in [-0.15, -0.1) is 0 Å². The summed E-state index contributed by atoms with van der Waals surface area (Å²) in [5, 5.41) is 14.1. The molecule has 7 nitrogen and oxygen atoms in total. The number of hydrogen-bond acceptors (Lipinski definition) is 7. The molecule has 0 saturated heterocycles. The van der Waals surface area contributed by atoms with E-state index in [1.807, 2.05) is 48.7 Å². The zero-order valence-corrected chi connectivity index (χ0v) is 16.1. The van der Waals surface area contributed by atoms with E-state index in [1.54, 1.807) is 6.20 Å². The first kappa shape index (κ1) is 18.6. The maximum Gasteiger partial charge on any atom is 0.149 e. The number of halogens is 1. The molecule has 0 spiro atoms. The molecule has 3 heterocycles. The Labute approximate surface area is 172 Å². The van der Waals surface area contributed by atoms with Crippen LogP contribution in [0.5, 0.6) is 0 Å². The second kappa shape index (κ2) is 8.09. The Hall–Kier alpha value is -3.76. The zero-order valence-electron chi connectivity index (χ0n) is 15.3. The van der Waals surface area contributed by atoms with Crippen molar-refractivity contribution in [1.82, 2.24) is 19.9 Å². The van der Waals surface area contributed by atoms with Crippen LogP contribution in [0.25, 0.3) is 22.2 Å². The number of nitrogens with zero attached hydrogens (tertiary/aromatic N) is 5. The fraction of sp³-hybridized carbons (Fsp3) is 0.0952. The average molecular weight is 402 g/mol. The molecule has 142 valence electrons. The summed E-state index contributed by atoms with van der Waals surface area (Å²) in [6, 6.07) is 13.5. The largest absolute Gasteiger partial charge is 0.382 e. The quantitative estimate of drug-likeness (QED) is 0.522. The molecule has 8 heteroatoms. The first-order valence-corrected chi connectivity index (χ1v) is 9.28. The summed E-state index contributed by atoms with van der Waals surface area (Å²) in [4.78, 5) is 17.1. The van der Waals surface area contributed by atoms with Gasteiger partial charge in [0.1, 0.15) is 29.6 Å². The van der Waals surface area contributed by atoms with Crippen molar-refractivity contribution in [1.29, 1.82) is 5.26 Å². The number of nitrogens with two attached hydrogens (primary N) is 1. The van der Waals surface area contributed by atoms with Crippen LogP contribution in [0.4, 0.5) is 11.6 Å². The van der Waals surface area contributed by atoms with Crippen molar-refractivity contribution in [2.45, 2.75) is 6.42 Å². The minimum absolute atomic E-state index is 0.156. The Balaban J connectivity index is 1.68. The van der Waals surface area contributed by atoms with Crippen molar-refractivity contribution < 1.29 is 0 Å². The van der Waals surface area contributed by atoms with E-state index in [0.717, 1.165) is 27.7 Å². The van der Waals surface area contributed by atoms with Crippen LogP contribution in [0.15, 0.2) is 55.1 Å². The topological polar surface area (TPSA) is 113 Å². The molecule has 0 fully saturated rings. The van der Waals surface area contributed by atoms with Gasteiger partial charge in [-0.2, -0.15) is 5.26 Å². The summed E-state index contributed by atoms with van der Waals surface area (Å²) in [5.41, 5.74) is 9.69. The Morgan fingerprint density at radius 3 is 2.79 bits per heavy atom. The monoisotopic (exact) mass is 401 g/mol. The highest BCUT2D eigenvalue weighted by Gasteiger charge is 2.13. The maximum atomic E-state index is 9.27. The van der Waals surface area contributed by atoms with Crippen LogP contribution in [0, 0.1) is 11.3 Å². The molecule has 0 aliphatic rings. The van der Waals surface area contributed by atoms with Gasteiger partial charge in [-0.1, -0.05) is 23.7 Å². The molecule has 0 unspecified atom stereocenters. The first-order chi connectivity index (χ1) is 14.2. The highest BCUT2D eigenvalue weighted by molar-refractivity contribution is 6.31. The van der Waals surface area contributed by atoms with Gasteiger partial charge in [0.15, 0.2) is 0 Å². The number of fused-ring (bicyclic) bond motifs is 1. The number of nitrogens with one attached hydrogen (secondary N) is 1. The molecule has 0 saturated carbocycles. The molecule has 0 amide bonds. The van der Waals surface area contributed by atoms with E-state index in [9.17, 15) is 5.26 Å². The Morgan fingerprint density at radius 1 is 1.10 bits per heavy atom. The number of aromatic nitrogens is 4. The fourth-order valence-electron chi connectivity index (χ4n) is 3.17. The molecule has 0 radical (unpaired) electrons. The van der Waals surface area contributed by atoms with Crippen LogP contribution in [0.3, 0.4) is 0 Å². The third kappa shape index (κ3) is 3.79. The van der Waals surface area contributed by atoms with Crippen molar-refractivity contribution in [3.8, 4) is 17.3 Å². The van der Waals surface area contributed by atoms with Gasteiger partial charge >= 0.3 is 0 Å². The molecule has 1 aromatic carbocycles. The first-order valence-electron chi connectivity index (χ1n) is 8.90. The molecule has 0 bridgehead atoms. The van der Waals surface area contributed by atoms with E-state index in [1.165, 1.54) is 6.33 Å². The Kier molecular flexibility index (Phi) is 5.18. The van der Waals surface area contributed by atoms with Gasteiger partial charge < -0.3 is 11.1 Å². The molecular weight excluding hydrogens is 386 g/mol. The van der Waals surface area contributed by atoms with Crippen LogP contribution in [-0.4, -0.2) is 26.5 Å². The lowest BCUT2D eigenvalue weighted by Crippen LogP contribution is -2.11. The van der Waals surface area contributed by atoms with E-state index < -0.39 is 0 Å². The van der Waals surface area contributed by atoms with E-state index in [4.69, 9.17) is 17.3 Å². The second-order valence-corrected chi connectivity index (χ2v) is 6.74. The van der Waals surface area contributed by atoms with Crippen LogP contribution in [0.1, 0.15) is 11.1 Å². The number of nitriles is 1. The van der Waals surface area contributed by atoms with Gasteiger partial charge in [-0.05, 0) is 36.2 Å². The summed E-state index contributed by atoms with van der Waals surface area (Å²) < 4.78 is 0. The second-order valence-electron chi connectivity index (χ2n) is 6.31. The third-order valence-electron chi connectivity index (χ3n) is 4.51. The summed E-state index contributed by atoms with van der Waals surface area (Å²) >= 11 is 6.14. The van der Waals surface area contributed by atoms with E-state index >= 15 is 0 Å². The SMILES string of the molecule is N#Cc1c(N)ncnc1NCCc1cnc2cc(Cl)ccc2c1-c1ccccn1. The predicted octanol–water partition coefficient (Wildman–Crippen LogP) is 3.85. The number of nitrogen functional groups attached to an aromatic ring is 1. The predicted molar refractivity (Wildman–Crippen MR) is 113 cm³/mol. The molecular formula is C21H16ClN7. The van der Waals surface area contributed by atoms with Gasteiger partial charge in [-0.25, -0.2) is 9.97 Å². The highest BCUT2D eigenvalue weighted by Crippen LogP contribution is 2.31. The average Bonchev–Trinajstić information content (AvgIpc) is 2.74. The molecule has 3 N–H and O–H groups in total. The normalized spacial score (nSPS) is 10.6. The minimum Gasteiger partial charge on any atom is -0.382 e. The summed E-state index contributed by atoms with van der Waals surface area (Å²) in [6.07, 6.45) is 5.58. The number of benzene rings is 1. The highest BCUT2D eigenvalue weighted by atomic mass is 35.5. The standard InChI is InChI=1S/C21H16ClN7/c22-14-4-5-15-18(9-14)27-11-13(19(15)17-3-1-2-7-25-17)6-8-26-21-16(10-23)20(24)28-12-29-21/h1-5,7,9,11-12H,6,8H2,(H3,24,26,28,29). The van der Waals surface area contributed by atoms with Crippen molar-refractivity contribution in [2.75, 3.05) is 17.6 Å². The molecule has 4 rings (SSSR count). The van der Waals surface area contributed by atoms with Gasteiger partial charge in [0.25, 0.3) is 0 Å². The van der Waals surface area contributed by atoms with Crippen molar-refractivity contribution in [3.05, 3.63) is 71.3 Å². The van der Waals surface area contributed by atoms with Gasteiger partial charge in [0, 0.05) is 34.9 Å². The molecule has 0 atom stereocenters. The number of rotatable bonds is 5. The lowest BCUT2D eigenvalue weighted by atomic mass is 9.98. The molecule has 0 aliphatic carbocycles. The Morgan fingerprint density at radius 2 is 2.00 bits per heavy atom. The lowest BCUT2D eigenvalue weighted by Gasteiger charge is -2.13. The lowest BCUT2D eigenvalue weighted by molar-refractivity contribution is 0.992. The molecule has 4 aromatic rings. The van der Waals surface area contributed by atoms with Gasteiger partial charge in [-0.3, -0.25) is 9.97 Å². The molecule has 3 aromatic heterocycles. The van der Waals surface area contributed by atoms with Crippen molar-refractivity contribution >= 4 is 34.1 Å². The minimum atomic E-state index is 0.156. The van der Waals surface area contributed by atoms with Crippen molar-refractivity contribution in [3.63, 3.8) is 0 Å². The van der Waals surface area contributed by atoms with Crippen LogP contribution in [-0.2, 0) is 6.42 Å². The van der Waals surface area contributed by atoms with Crippen LogP contribution < -0.4 is 11.1 Å². The number of hydrogen-bond donors (Lipinski definition) is 2. The van der Waals surface area contributed by atoms with Crippen molar-refractivity contribution in [2.24, 2.45) is 0 Å². The molecule has 0 aliphatic heterocycles. The van der Waals surface area contributed by atoms with E-state index in [0.29, 0.717) is 23.8 Å².